The molecule has 1 aromatic rings. The maximum Gasteiger partial charge on any atom is 0.160 e. The summed E-state index contributed by atoms with van der Waals surface area (Å²) in [6.07, 6.45) is 2.59. The first-order valence-corrected chi connectivity index (χ1v) is 8.35. The van der Waals surface area contributed by atoms with E-state index in [2.05, 4.69) is 21.8 Å². The van der Waals surface area contributed by atoms with E-state index >= 15 is 0 Å². The number of halogens is 1. The van der Waals surface area contributed by atoms with Crippen LogP contribution in [0.25, 0.3) is 0 Å². The van der Waals surface area contributed by atoms with Crippen LogP contribution in [0, 0.1) is 11.8 Å². The van der Waals surface area contributed by atoms with Crippen LogP contribution in [0.5, 0.6) is 0 Å². The van der Waals surface area contributed by atoms with Gasteiger partial charge in [-0.1, -0.05) is 18.5 Å². The molecule has 1 saturated carbocycles. The Bertz CT molecular complexity index is 608. The SMILES string of the molecule is C[C@H]1C(n2ccc3c2NCN=C3Cl)CC(CO)[C@H]1OC(C)(C)O. The highest BCUT2D eigenvalue weighted by Gasteiger charge is 2.44. The van der Waals surface area contributed by atoms with Gasteiger partial charge in [-0.2, -0.15) is 0 Å². The quantitative estimate of drug-likeness (QED) is 0.733. The fourth-order valence-corrected chi connectivity index (χ4v) is 3.95. The number of aliphatic hydroxyl groups excluding tert-OH is 1. The van der Waals surface area contributed by atoms with Crippen LogP contribution >= 0.6 is 11.6 Å². The first kappa shape index (κ1) is 16.8. The lowest BCUT2D eigenvalue weighted by Crippen LogP contribution is -2.36. The maximum atomic E-state index is 10.00. The van der Waals surface area contributed by atoms with E-state index in [1.165, 1.54) is 0 Å². The number of fused-ring (bicyclic) bond motifs is 1. The van der Waals surface area contributed by atoms with E-state index in [-0.39, 0.29) is 30.6 Å². The number of ether oxygens (including phenoxy) is 1. The number of nitrogens with zero attached hydrogens (tertiary/aromatic N) is 2. The molecule has 0 radical (unpaired) electrons. The summed E-state index contributed by atoms with van der Waals surface area (Å²) in [4.78, 5) is 4.18. The minimum Gasteiger partial charge on any atom is -0.396 e. The Labute approximate surface area is 141 Å². The van der Waals surface area contributed by atoms with E-state index in [4.69, 9.17) is 16.3 Å². The van der Waals surface area contributed by atoms with Gasteiger partial charge in [0.1, 0.15) is 17.7 Å². The topological polar surface area (TPSA) is 79.0 Å². The van der Waals surface area contributed by atoms with E-state index in [9.17, 15) is 10.2 Å². The van der Waals surface area contributed by atoms with Gasteiger partial charge < -0.3 is 24.8 Å². The Morgan fingerprint density at radius 3 is 2.91 bits per heavy atom. The summed E-state index contributed by atoms with van der Waals surface area (Å²) in [5.41, 5.74) is 0.900. The molecule has 1 fully saturated rings. The van der Waals surface area contributed by atoms with Crippen LogP contribution in [0.3, 0.4) is 0 Å². The third kappa shape index (κ3) is 3.13. The van der Waals surface area contributed by atoms with Crippen molar-refractivity contribution in [3.8, 4) is 0 Å². The maximum absolute atomic E-state index is 10.00. The molecule has 23 heavy (non-hydrogen) atoms. The molecular weight excluding hydrogens is 318 g/mol. The third-order valence-corrected chi connectivity index (χ3v) is 5.08. The molecule has 2 unspecified atom stereocenters. The minimum absolute atomic E-state index is 0.00722. The fourth-order valence-electron chi connectivity index (χ4n) is 3.73. The Kier molecular flexibility index (Phi) is 4.44. The van der Waals surface area contributed by atoms with Crippen molar-refractivity contribution in [2.24, 2.45) is 16.8 Å². The zero-order valence-electron chi connectivity index (χ0n) is 13.7. The molecule has 0 saturated heterocycles. The monoisotopic (exact) mass is 341 g/mol. The van der Waals surface area contributed by atoms with E-state index in [0.29, 0.717) is 11.8 Å². The molecule has 1 aliphatic carbocycles. The molecule has 0 spiro atoms. The molecule has 1 aliphatic heterocycles. The Morgan fingerprint density at radius 2 is 2.26 bits per heavy atom. The molecule has 4 atom stereocenters. The van der Waals surface area contributed by atoms with E-state index in [1.807, 2.05) is 12.3 Å². The number of nitrogens with one attached hydrogen (secondary N) is 1. The lowest BCUT2D eigenvalue weighted by atomic mass is 10.0. The van der Waals surface area contributed by atoms with Gasteiger partial charge in [-0.3, -0.25) is 4.99 Å². The first-order chi connectivity index (χ1) is 10.8. The summed E-state index contributed by atoms with van der Waals surface area (Å²) in [5.74, 6) is -0.116. The summed E-state index contributed by atoms with van der Waals surface area (Å²) in [7, 11) is 0. The highest BCUT2D eigenvalue weighted by atomic mass is 35.5. The van der Waals surface area contributed by atoms with Crippen molar-refractivity contribution in [3.05, 3.63) is 17.8 Å². The molecular formula is C16H24ClN3O3. The van der Waals surface area contributed by atoms with Gasteiger partial charge in [0.15, 0.2) is 5.79 Å². The summed E-state index contributed by atoms with van der Waals surface area (Å²) in [5, 5.41) is 23.5. The molecule has 1 aromatic heterocycles. The zero-order chi connectivity index (χ0) is 16.8. The van der Waals surface area contributed by atoms with Gasteiger partial charge in [0.25, 0.3) is 0 Å². The largest absolute Gasteiger partial charge is 0.396 e. The molecule has 6 nitrogen and oxygen atoms in total. The zero-order valence-corrected chi connectivity index (χ0v) is 14.4. The van der Waals surface area contributed by atoms with Gasteiger partial charge in [-0.25, -0.2) is 0 Å². The first-order valence-electron chi connectivity index (χ1n) is 7.98. The fraction of sp³-hybridized carbons (Fsp3) is 0.688. The van der Waals surface area contributed by atoms with Crippen LogP contribution in [0.15, 0.2) is 17.3 Å². The van der Waals surface area contributed by atoms with Crippen molar-refractivity contribution in [2.75, 3.05) is 18.6 Å². The summed E-state index contributed by atoms with van der Waals surface area (Å²) < 4.78 is 7.98. The molecule has 0 amide bonds. The van der Waals surface area contributed by atoms with Crippen LogP contribution in [0.1, 0.15) is 38.8 Å². The number of aliphatic hydroxyl groups is 2. The molecule has 2 heterocycles. The van der Waals surface area contributed by atoms with Crippen LogP contribution in [0.4, 0.5) is 5.82 Å². The molecule has 7 heteroatoms. The van der Waals surface area contributed by atoms with E-state index in [0.717, 1.165) is 17.8 Å². The van der Waals surface area contributed by atoms with Gasteiger partial charge in [0.2, 0.25) is 0 Å². The van der Waals surface area contributed by atoms with Crippen molar-refractivity contribution >= 4 is 22.6 Å². The molecule has 3 N–H and O–H groups in total. The van der Waals surface area contributed by atoms with Gasteiger partial charge in [-0.15, -0.1) is 0 Å². The van der Waals surface area contributed by atoms with Crippen molar-refractivity contribution in [2.45, 2.75) is 45.1 Å². The summed E-state index contributed by atoms with van der Waals surface area (Å²) >= 11 is 6.17. The van der Waals surface area contributed by atoms with Crippen molar-refractivity contribution in [1.29, 1.82) is 0 Å². The Hall–Kier alpha value is -1.08. The van der Waals surface area contributed by atoms with Gasteiger partial charge in [0.05, 0.1) is 11.7 Å². The van der Waals surface area contributed by atoms with E-state index in [1.54, 1.807) is 13.8 Å². The van der Waals surface area contributed by atoms with Gasteiger partial charge in [0, 0.05) is 30.7 Å². The Balaban J connectivity index is 1.88. The number of hydrogen-bond donors (Lipinski definition) is 3. The molecule has 2 aliphatic rings. The predicted molar refractivity (Wildman–Crippen MR) is 89.9 cm³/mol. The Morgan fingerprint density at radius 1 is 1.52 bits per heavy atom. The smallest absolute Gasteiger partial charge is 0.160 e. The standard InChI is InChI=1S/C16H24ClN3O3/c1-9-12(6-10(7-21)13(9)23-16(2,3)22)20-5-4-11-14(17)18-8-19-15(11)20/h4-5,9-10,12-13,19,21-22H,6-8H2,1-3H3/t9-,10?,12?,13-/m0/s1. The number of aliphatic imine (C=N–C) groups is 1. The number of aromatic nitrogens is 1. The van der Waals surface area contributed by atoms with Crippen molar-refractivity contribution in [3.63, 3.8) is 0 Å². The van der Waals surface area contributed by atoms with Gasteiger partial charge >= 0.3 is 0 Å². The second kappa shape index (κ2) is 6.09. The number of rotatable bonds is 4. The second-order valence-corrected chi connectivity index (χ2v) is 7.26. The van der Waals surface area contributed by atoms with Crippen LogP contribution < -0.4 is 5.32 Å². The van der Waals surface area contributed by atoms with Crippen LogP contribution in [-0.2, 0) is 4.74 Å². The van der Waals surface area contributed by atoms with Crippen LogP contribution in [0.2, 0.25) is 0 Å². The summed E-state index contributed by atoms with van der Waals surface area (Å²) in [6.45, 7) is 5.85. The summed E-state index contributed by atoms with van der Waals surface area (Å²) in [6, 6.07) is 2.12. The third-order valence-electron chi connectivity index (χ3n) is 4.75. The number of anilines is 1. The van der Waals surface area contributed by atoms with Crippen molar-refractivity contribution < 1.29 is 14.9 Å². The second-order valence-electron chi connectivity index (χ2n) is 6.90. The lowest BCUT2D eigenvalue weighted by Gasteiger charge is -2.30. The highest BCUT2D eigenvalue weighted by Crippen LogP contribution is 2.45. The van der Waals surface area contributed by atoms with Crippen LogP contribution in [-0.4, -0.2) is 45.1 Å². The van der Waals surface area contributed by atoms with Gasteiger partial charge in [-0.05, 0) is 26.3 Å². The lowest BCUT2D eigenvalue weighted by molar-refractivity contribution is -0.222. The molecule has 3 rings (SSSR count). The highest BCUT2D eigenvalue weighted by molar-refractivity contribution is 6.70. The predicted octanol–water partition coefficient (Wildman–Crippen LogP) is 2.16. The average molecular weight is 342 g/mol. The van der Waals surface area contributed by atoms with E-state index < -0.39 is 5.79 Å². The molecule has 0 aromatic carbocycles. The average Bonchev–Trinajstić information content (AvgIpc) is 3.01. The number of hydrogen-bond acceptors (Lipinski definition) is 5. The molecule has 128 valence electrons. The minimum atomic E-state index is -1.22. The molecule has 0 bridgehead atoms. The normalized spacial score (nSPS) is 30.8. The van der Waals surface area contributed by atoms with Crippen molar-refractivity contribution in [1.82, 2.24) is 4.57 Å².